The number of aromatic nitrogens is 2. The third-order valence-electron chi connectivity index (χ3n) is 5.40. The summed E-state index contributed by atoms with van der Waals surface area (Å²) in [7, 11) is 4.17. The van der Waals surface area contributed by atoms with Crippen LogP contribution in [0.5, 0.6) is 0 Å². The molecule has 3 unspecified atom stereocenters. The Kier molecular flexibility index (Phi) is 5.13. The molecule has 3 atom stereocenters. The van der Waals surface area contributed by atoms with Crippen LogP contribution in [-0.2, 0) is 13.5 Å². The predicted molar refractivity (Wildman–Crippen MR) is 89.4 cm³/mol. The van der Waals surface area contributed by atoms with Gasteiger partial charge in [-0.25, -0.2) is 0 Å². The summed E-state index contributed by atoms with van der Waals surface area (Å²) in [5.41, 5.74) is 2.97. The van der Waals surface area contributed by atoms with Gasteiger partial charge in [-0.3, -0.25) is 4.68 Å². The maximum absolute atomic E-state index is 4.52. The van der Waals surface area contributed by atoms with Gasteiger partial charge >= 0.3 is 0 Å². The van der Waals surface area contributed by atoms with Crippen LogP contribution in [0.15, 0.2) is 6.07 Å². The van der Waals surface area contributed by atoms with E-state index in [0.717, 1.165) is 30.0 Å². The van der Waals surface area contributed by atoms with Gasteiger partial charge in [0.2, 0.25) is 0 Å². The summed E-state index contributed by atoms with van der Waals surface area (Å²) in [6.45, 7) is 10.5. The van der Waals surface area contributed by atoms with Crippen molar-refractivity contribution >= 4 is 0 Å². The van der Waals surface area contributed by atoms with Crippen molar-refractivity contribution in [2.24, 2.45) is 30.2 Å². The summed E-state index contributed by atoms with van der Waals surface area (Å²) < 4.78 is 2.08. The van der Waals surface area contributed by atoms with Crippen LogP contribution in [0, 0.1) is 30.1 Å². The smallest absolute Gasteiger partial charge is 0.0596 e. The summed E-state index contributed by atoms with van der Waals surface area (Å²) in [5.74, 6) is 2.44. The normalized spacial score (nSPS) is 27.0. The van der Waals surface area contributed by atoms with E-state index in [-0.39, 0.29) is 0 Å². The van der Waals surface area contributed by atoms with Crippen molar-refractivity contribution in [3.05, 3.63) is 17.5 Å². The quantitative estimate of drug-likeness (QED) is 0.919. The van der Waals surface area contributed by atoms with Crippen LogP contribution in [0.1, 0.15) is 51.4 Å². The fourth-order valence-corrected chi connectivity index (χ4v) is 4.02. The van der Waals surface area contributed by atoms with Crippen molar-refractivity contribution in [2.75, 3.05) is 13.6 Å². The zero-order valence-electron chi connectivity index (χ0n) is 14.7. The Labute approximate surface area is 130 Å². The minimum Gasteiger partial charge on any atom is -0.319 e. The Bertz CT molecular complexity index is 456. The molecule has 3 heteroatoms. The van der Waals surface area contributed by atoms with Crippen molar-refractivity contribution in [3.63, 3.8) is 0 Å². The lowest BCUT2D eigenvalue weighted by molar-refractivity contribution is 0.0970. The molecule has 0 saturated heterocycles. The molecule has 1 heterocycles. The molecule has 1 aromatic rings. The van der Waals surface area contributed by atoms with E-state index in [1.807, 2.05) is 0 Å². The van der Waals surface area contributed by atoms with Crippen molar-refractivity contribution in [2.45, 2.75) is 53.4 Å². The van der Waals surface area contributed by atoms with Crippen molar-refractivity contribution in [3.8, 4) is 0 Å². The first-order valence-electron chi connectivity index (χ1n) is 8.45. The van der Waals surface area contributed by atoms with Gasteiger partial charge in [-0.1, -0.05) is 20.8 Å². The first-order valence-corrected chi connectivity index (χ1v) is 8.45. The second-order valence-electron chi connectivity index (χ2n) is 8.06. The number of hydrogen-bond donors (Lipinski definition) is 1. The zero-order valence-corrected chi connectivity index (χ0v) is 14.7. The molecule has 120 valence electrons. The first-order chi connectivity index (χ1) is 9.81. The molecule has 1 N–H and O–H groups in total. The van der Waals surface area contributed by atoms with Crippen molar-refractivity contribution in [1.29, 1.82) is 0 Å². The Hall–Kier alpha value is -0.830. The summed E-state index contributed by atoms with van der Waals surface area (Å²) >= 11 is 0. The molecule has 0 aromatic carbocycles. The van der Waals surface area contributed by atoms with Crippen LogP contribution in [0.2, 0.25) is 0 Å². The summed E-state index contributed by atoms with van der Waals surface area (Å²) in [5, 5.41) is 7.92. The van der Waals surface area contributed by atoms with E-state index in [1.165, 1.54) is 31.4 Å². The minimum absolute atomic E-state index is 0.436. The highest BCUT2D eigenvalue weighted by Crippen LogP contribution is 2.43. The topological polar surface area (TPSA) is 29.9 Å². The first kappa shape index (κ1) is 16.5. The third kappa shape index (κ3) is 4.09. The third-order valence-corrected chi connectivity index (χ3v) is 5.40. The van der Waals surface area contributed by atoms with Crippen molar-refractivity contribution in [1.82, 2.24) is 15.1 Å². The van der Waals surface area contributed by atoms with Crippen LogP contribution in [0.3, 0.4) is 0 Å². The average molecular weight is 291 g/mol. The molecule has 3 nitrogen and oxygen atoms in total. The molecule has 1 aromatic heterocycles. The molecule has 1 aliphatic carbocycles. The van der Waals surface area contributed by atoms with Gasteiger partial charge in [0.25, 0.3) is 0 Å². The summed E-state index contributed by atoms with van der Waals surface area (Å²) in [4.78, 5) is 0. The molecule has 0 aliphatic heterocycles. The van der Waals surface area contributed by atoms with Gasteiger partial charge in [-0.05, 0) is 75.4 Å². The number of hydrogen-bond acceptors (Lipinski definition) is 2. The molecule has 0 bridgehead atoms. The fourth-order valence-electron chi connectivity index (χ4n) is 4.02. The lowest BCUT2D eigenvalue weighted by atomic mass is 9.64. The van der Waals surface area contributed by atoms with Crippen LogP contribution < -0.4 is 5.32 Å². The van der Waals surface area contributed by atoms with E-state index in [9.17, 15) is 0 Å². The lowest BCUT2D eigenvalue weighted by Gasteiger charge is -2.42. The van der Waals surface area contributed by atoms with Crippen molar-refractivity contribution < 1.29 is 0 Å². The van der Waals surface area contributed by atoms with Gasteiger partial charge in [0, 0.05) is 12.7 Å². The molecule has 1 fully saturated rings. The molecular weight excluding hydrogens is 258 g/mol. The second kappa shape index (κ2) is 6.51. The SMILES string of the molecule is CNCC1CCC(C(C)(C)C)CC1Cc1cc(C)nn1C. The summed E-state index contributed by atoms with van der Waals surface area (Å²) in [6.07, 6.45) is 5.29. The highest BCUT2D eigenvalue weighted by atomic mass is 15.3. The molecule has 1 aliphatic rings. The maximum Gasteiger partial charge on any atom is 0.0596 e. The van der Waals surface area contributed by atoms with Crippen LogP contribution in [0.25, 0.3) is 0 Å². The summed E-state index contributed by atoms with van der Waals surface area (Å²) in [6, 6.07) is 2.26. The van der Waals surface area contributed by atoms with Crippen LogP contribution in [0.4, 0.5) is 0 Å². The Morgan fingerprint density at radius 1 is 1.29 bits per heavy atom. The number of rotatable bonds is 4. The monoisotopic (exact) mass is 291 g/mol. The van der Waals surface area contributed by atoms with E-state index < -0.39 is 0 Å². The van der Waals surface area contributed by atoms with E-state index in [2.05, 4.69) is 63.0 Å². The van der Waals surface area contributed by atoms with Crippen LogP contribution in [-0.4, -0.2) is 23.4 Å². The number of nitrogens with one attached hydrogen (secondary N) is 1. The lowest BCUT2D eigenvalue weighted by Crippen LogP contribution is -2.37. The second-order valence-corrected chi connectivity index (χ2v) is 8.06. The Balaban J connectivity index is 2.12. The minimum atomic E-state index is 0.436. The van der Waals surface area contributed by atoms with E-state index >= 15 is 0 Å². The average Bonchev–Trinajstić information content (AvgIpc) is 2.69. The molecule has 0 spiro atoms. The molecule has 0 amide bonds. The highest BCUT2D eigenvalue weighted by Gasteiger charge is 2.35. The molecular formula is C18H33N3. The van der Waals surface area contributed by atoms with Gasteiger partial charge in [-0.15, -0.1) is 0 Å². The highest BCUT2D eigenvalue weighted by molar-refractivity contribution is 5.10. The van der Waals surface area contributed by atoms with Gasteiger partial charge in [0.05, 0.1) is 5.69 Å². The van der Waals surface area contributed by atoms with Gasteiger partial charge < -0.3 is 5.32 Å². The zero-order chi connectivity index (χ0) is 15.6. The number of nitrogens with zero attached hydrogens (tertiary/aromatic N) is 2. The van der Waals surface area contributed by atoms with Gasteiger partial charge in [0.1, 0.15) is 0 Å². The van der Waals surface area contributed by atoms with Gasteiger partial charge in [0.15, 0.2) is 0 Å². The van der Waals surface area contributed by atoms with E-state index in [0.29, 0.717) is 5.41 Å². The fraction of sp³-hybridized carbons (Fsp3) is 0.833. The van der Waals surface area contributed by atoms with Crippen LogP contribution >= 0.6 is 0 Å². The predicted octanol–water partition coefficient (Wildman–Crippen LogP) is 3.57. The van der Waals surface area contributed by atoms with E-state index in [4.69, 9.17) is 0 Å². The standard InChI is InChI=1S/C18H33N3/c1-13-9-17(21(6)20-13)11-15-10-16(18(2,3)4)8-7-14(15)12-19-5/h9,14-16,19H,7-8,10-12H2,1-6H3. The maximum atomic E-state index is 4.52. The largest absolute Gasteiger partial charge is 0.319 e. The molecule has 0 radical (unpaired) electrons. The van der Waals surface area contributed by atoms with Gasteiger partial charge in [-0.2, -0.15) is 5.10 Å². The Morgan fingerprint density at radius 2 is 2.00 bits per heavy atom. The molecule has 21 heavy (non-hydrogen) atoms. The van der Waals surface area contributed by atoms with E-state index in [1.54, 1.807) is 0 Å². The molecule has 1 saturated carbocycles. The molecule has 2 rings (SSSR count). The Morgan fingerprint density at radius 3 is 2.52 bits per heavy atom. The number of aryl methyl sites for hydroxylation is 2.